The lowest BCUT2D eigenvalue weighted by Gasteiger charge is -2.11. The zero-order valence-electron chi connectivity index (χ0n) is 9.43. The van der Waals surface area contributed by atoms with Crippen LogP contribution < -0.4 is 4.72 Å². The molecule has 0 saturated carbocycles. The highest BCUT2D eigenvalue weighted by atomic mass is 35.5. The van der Waals surface area contributed by atoms with E-state index in [4.69, 9.17) is 11.6 Å². The van der Waals surface area contributed by atoms with Crippen LogP contribution in [0.25, 0.3) is 0 Å². The molecule has 4 nitrogen and oxygen atoms in total. The Kier molecular flexibility index (Phi) is 4.32. The first-order valence-electron chi connectivity index (χ1n) is 5.38. The van der Waals surface area contributed by atoms with Gasteiger partial charge in [0.05, 0.1) is 11.8 Å². The molecule has 1 aromatic rings. The zero-order valence-corrected chi connectivity index (χ0v) is 11.8. The summed E-state index contributed by atoms with van der Waals surface area (Å²) in [6.45, 7) is 0. The number of carbonyl (C=O) groups is 1. The normalized spacial score (nSPS) is 20.3. The minimum absolute atomic E-state index is 0.113. The second kappa shape index (κ2) is 5.61. The number of carbonyl (C=O) groups excluding carboxylic acids is 1. The lowest BCUT2D eigenvalue weighted by atomic mass is 10.2. The first kappa shape index (κ1) is 13.9. The molecular formula is C11H12ClNO3S2. The van der Waals surface area contributed by atoms with Crippen molar-refractivity contribution in [2.24, 2.45) is 0 Å². The van der Waals surface area contributed by atoms with E-state index in [1.807, 2.05) is 0 Å². The second-order valence-corrected chi connectivity index (χ2v) is 7.24. The molecule has 0 amide bonds. The zero-order chi connectivity index (χ0) is 13.2. The van der Waals surface area contributed by atoms with E-state index in [0.717, 1.165) is 11.8 Å². The predicted octanol–water partition coefficient (Wildman–Crippen LogP) is 1.79. The fourth-order valence-corrected chi connectivity index (χ4v) is 4.37. The molecule has 1 N–H and O–H groups in total. The van der Waals surface area contributed by atoms with Crippen molar-refractivity contribution in [3.8, 4) is 0 Å². The van der Waals surface area contributed by atoms with Crippen LogP contribution in [-0.2, 0) is 20.6 Å². The van der Waals surface area contributed by atoms with Crippen molar-refractivity contribution >= 4 is 38.5 Å². The van der Waals surface area contributed by atoms with Crippen LogP contribution in [0.2, 0.25) is 5.02 Å². The molecule has 0 radical (unpaired) electrons. The van der Waals surface area contributed by atoms with Crippen LogP contribution in [0.5, 0.6) is 0 Å². The van der Waals surface area contributed by atoms with E-state index in [1.165, 1.54) is 0 Å². The van der Waals surface area contributed by atoms with Crippen LogP contribution in [0, 0.1) is 0 Å². The number of rotatable bonds is 4. The Morgan fingerprint density at radius 3 is 2.72 bits per heavy atom. The molecule has 1 aliphatic heterocycles. The van der Waals surface area contributed by atoms with Crippen LogP contribution in [-0.4, -0.2) is 25.3 Å². The monoisotopic (exact) mass is 305 g/mol. The molecule has 1 unspecified atom stereocenters. The van der Waals surface area contributed by atoms with E-state index in [0.29, 0.717) is 22.8 Å². The van der Waals surface area contributed by atoms with Crippen molar-refractivity contribution in [2.75, 3.05) is 5.75 Å². The van der Waals surface area contributed by atoms with Gasteiger partial charge >= 0.3 is 0 Å². The molecule has 1 aliphatic rings. The number of halogens is 1. The molecule has 18 heavy (non-hydrogen) atoms. The van der Waals surface area contributed by atoms with Gasteiger partial charge < -0.3 is 0 Å². The average molecular weight is 306 g/mol. The maximum atomic E-state index is 11.9. The molecule has 98 valence electrons. The van der Waals surface area contributed by atoms with Crippen molar-refractivity contribution in [1.82, 2.24) is 4.72 Å². The van der Waals surface area contributed by atoms with Crippen LogP contribution in [0.3, 0.4) is 0 Å². The summed E-state index contributed by atoms with van der Waals surface area (Å²) >= 11 is 7.08. The maximum Gasteiger partial charge on any atom is 0.216 e. The van der Waals surface area contributed by atoms with Crippen molar-refractivity contribution in [3.63, 3.8) is 0 Å². The number of sulfonamides is 1. The van der Waals surface area contributed by atoms with Crippen LogP contribution >= 0.6 is 23.4 Å². The fourth-order valence-electron chi connectivity index (χ4n) is 1.68. The first-order valence-corrected chi connectivity index (χ1v) is 8.39. The lowest BCUT2D eigenvalue weighted by Crippen LogP contribution is -2.37. The van der Waals surface area contributed by atoms with Gasteiger partial charge in [0.25, 0.3) is 0 Å². The van der Waals surface area contributed by atoms with Gasteiger partial charge in [-0.15, -0.1) is 0 Å². The highest BCUT2D eigenvalue weighted by molar-refractivity contribution is 8.14. The Morgan fingerprint density at radius 1 is 1.39 bits per heavy atom. The molecule has 0 aromatic heterocycles. The number of hydrogen-bond acceptors (Lipinski definition) is 4. The summed E-state index contributed by atoms with van der Waals surface area (Å²) in [7, 11) is -3.54. The lowest BCUT2D eigenvalue weighted by molar-refractivity contribution is -0.111. The summed E-state index contributed by atoms with van der Waals surface area (Å²) in [5.74, 6) is 0.458. The van der Waals surface area contributed by atoms with Crippen LogP contribution in [0.1, 0.15) is 12.0 Å². The van der Waals surface area contributed by atoms with Gasteiger partial charge in [0.2, 0.25) is 15.1 Å². The highest BCUT2D eigenvalue weighted by Crippen LogP contribution is 2.22. The molecule has 7 heteroatoms. The molecule has 1 fully saturated rings. The van der Waals surface area contributed by atoms with Crippen molar-refractivity contribution < 1.29 is 13.2 Å². The summed E-state index contributed by atoms with van der Waals surface area (Å²) in [6, 6.07) is 6.18. The number of nitrogens with one attached hydrogen (secondary N) is 1. The van der Waals surface area contributed by atoms with Gasteiger partial charge in [-0.1, -0.05) is 41.6 Å². The minimum atomic E-state index is -3.54. The molecule has 1 atom stereocenters. The molecular weight excluding hydrogens is 294 g/mol. The Bertz CT molecular complexity index is 559. The van der Waals surface area contributed by atoms with E-state index in [9.17, 15) is 13.2 Å². The van der Waals surface area contributed by atoms with Crippen LogP contribution in [0.4, 0.5) is 0 Å². The highest BCUT2D eigenvalue weighted by Gasteiger charge is 2.29. The molecule has 0 bridgehead atoms. The Hall–Kier alpha value is -0.560. The second-order valence-electron chi connectivity index (χ2n) is 3.98. The third-order valence-corrected chi connectivity index (χ3v) is 5.27. The maximum absolute atomic E-state index is 11.9. The van der Waals surface area contributed by atoms with E-state index < -0.39 is 16.1 Å². The quantitative estimate of drug-likeness (QED) is 0.921. The van der Waals surface area contributed by atoms with E-state index in [1.54, 1.807) is 24.3 Å². The van der Waals surface area contributed by atoms with Gasteiger partial charge in [0.1, 0.15) is 0 Å². The molecule has 1 saturated heterocycles. The van der Waals surface area contributed by atoms with Gasteiger partial charge in [-0.3, -0.25) is 4.79 Å². The smallest absolute Gasteiger partial charge is 0.216 e. The first-order chi connectivity index (χ1) is 8.48. The third-order valence-electron chi connectivity index (χ3n) is 2.56. The molecule has 1 aromatic carbocycles. The van der Waals surface area contributed by atoms with Crippen molar-refractivity contribution in [1.29, 1.82) is 0 Å². The topological polar surface area (TPSA) is 63.2 Å². The van der Waals surface area contributed by atoms with Gasteiger partial charge in [0.15, 0.2) is 0 Å². The van der Waals surface area contributed by atoms with Gasteiger partial charge in [-0.25, -0.2) is 13.1 Å². The fraction of sp³-hybridized carbons (Fsp3) is 0.364. The van der Waals surface area contributed by atoms with Crippen molar-refractivity contribution in [3.05, 3.63) is 34.9 Å². The predicted molar refractivity (Wildman–Crippen MR) is 73.1 cm³/mol. The number of thioether (sulfide) groups is 1. The Morgan fingerprint density at radius 2 is 2.11 bits per heavy atom. The number of benzene rings is 1. The summed E-state index contributed by atoms with van der Waals surface area (Å²) in [5, 5.41) is 0.299. The average Bonchev–Trinajstić information content (AvgIpc) is 2.67. The molecule has 1 heterocycles. The SMILES string of the molecule is O=C1SCCC1NS(=O)(=O)Cc1ccccc1Cl. The van der Waals surface area contributed by atoms with Gasteiger partial charge in [-0.2, -0.15) is 0 Å². The minimum Gasteiger partial charge on any atom is -0.285 e. The van der Waals surface area contributed by atoms with Crippen molar-refractivity contribution in [2.45, 2.75) is 18.2 Å². The van der Waals surface area contributed by atoms with E-state index in [-0.39, 0.29) is 10.9 Å². The Labute approximate surface area is 115 Å². The van der Waals surface area contributed by atoms with Gasteiger partial charge in [-0.05, 0) is 18.1 Å². The molecule has 0 spiro atoms. The summed E-state index contributed by atoms with van der Waals surface area (Å²) in [4.78, 5) is 11.4. The summed E-state index contributed by atoms with van der Waals surface area (Å²) in [5.41, 5.74) is 0.532. The molecule has 2 rings (SSSR count). The Balaban J connectivity index is 2.08. The molecule has 0 aliphatic carbocycles. The van der Waals surface area contributed by atoms with E-state index in [2.05, 4.69) is 4.72 Å². The standard InChI is InChI=1S/C11H12ClNO3S2/c12-9-4-2-1-3-8(9)7-18(15,16)13-10-5-6-17-11(10)14/h1-4,10,13H,5-7H2. The largest absolute Gasteiger partial charge is 0.285 e. The third kappa shape index (κ3) is 3.47. The van der Waals surface area contributed by atoms with E-state index >= 15 is 0 Å². The number of hydrogen-bond donors (Lipinski definition) is 1. The van der Waals surface area contributed by atoms with Gasteiger partial charge in [0, 0.05) is 10.8 Å². The summed E-state index contributed by atoms with van der Waals surface area (Å²) < 4.78 is 26.3. The van der Waals surface area contributed by atoms with Crippen LogP contribution in [0.15, 0.2) is 24.3 Å². The summed E-state index contributed by atoms with van der Waals surface area (Å²) in [6.07, 6.45) is 0.547.